The number of halogens is 3. The van der Waals surface area contributed by atoms with E-state index in [4.69, 9.17) is 14.2 Å². The molecule has 10 heteroatoms. The van der Waals surface area contributed by atoms with Crippen LogP contribution in [0.25, 0.3) is 6.08 Å². The van der Waals surface area contributed by atoms with Crippen LogP contribution in [-0.4, -0.2) is 67.6 Å². The van der Waals surface area contributed by atoms with Gasteiger partial charge in [-0.15, -0.1) is 0 Å². The molecule has 5 atom stereocenters. The van der Waals surface area contributed by atoms with E-state index in [0.717, 1.165) is 55.5 Å². The quantitative estimate of drug-likeness (QED) is 0.291. The van der Waals surface area contributed by atoms with Crippen LogP contribution >= 0.6 is 0 Å². The van der Waals surface area contributed by atoms with Gasteiger partial charge in [0.1, 0.15) is 11.9 Å². The van der Waals surface area contributed by atoms with Crippen LogP contribution in [-0.2, 0) is 27.6 Å². The predicted octanol–water partition coefficient (Wildman–Crippen LogP) is 4.85. The molecule has 2 aliphatic heterocycles. The van der Waals surface area contributed by atoms with Gasteiger partial charge in [-0.25, -0.2) is 0 Å². The van der Waals surface area contributed by atoms with E-state index >= 15 is 0 Å². The van der Waals surface area contributed by atoms with Crippen molar-refractivity contribution in [3.63, 3.8) is 0 Å². The Balaban J connectivity index is 1.34. The van der Waals surface area contributed by atoms with Crippen molar-refractivity contribution in [3.8, 4) is 17.2 Å². The third-order valence-corrected chi connectivity index (χ3v) is 9.61. The van der Waals surface area contributed by atoms with Gasteiger partial charge in [-0.2, -0.15) is 13.2 Å². The second kappa shape index (κ2) is 9.79. The number of carbonyl (C=O) groups is 2. The Kier molecular flexibility index (Phi) is 6.60. The number of benzene rings is 2. The van der Waals surface area contributed by atoms with Crippen molar-refractivity contribution < 1.29 is 37.0 Å². The first-order chi connectivity index (χ1) is 19.5. The third kappa shape index (κ3) is 4.29. The summed E-state index contributed by atoms with van der Waals surface area (Å²) in [6, 6.07) is 6.46. The number of rotatable bonds is 5. The number of amides is 1. The maximum atomic E-state index is 13.4. The van der Waals surface area contributed by atoms with Crippen molar-refractivity contribution in [1.82, 2.24) is 9.80 Å². The van der Waals surface area contributed by atoms with E-state index in [1.165, 1.54) is 31.2 Å². The summed E-state index contributed by atoms with van der Waals surface area (Å²) in [5.74, 6) is 1.33. The minimum atomic E-state index is -4.41. The van der Waals surface area contributed by atoms with Crippen molar-refractivity contribution in [2.45, 2.75) is 62.4 Å². The summed E-state index contributed by atoms with van der Waals surface area (Å²) in [4.78, 5) is 29.5. The van der Waals surface area contributed by atoms with Crippen molar-refractivity contribution in [3.05, 3.63) is 58.7 Å². The Bertz CT molecular complexity index is 1420. The second-order valence-electron chi connectivity index (χ2n) is 11.6. The fraction of sp³-hybridized carbons (Fsp3) is 0.484. The number of alkyl halides is 3. The molecule has 0 radical (unpaired) electrons. The van der Waals surface area contributed by atoms with Gasteiger partial charge in [0.2, 0.25) is 5.91 Å². The van der Waals surface area contributed by atoms with E-state index in [1.54, 1.807) is 25.1 Å². The summed E-state index contributed by atoms with van der Waals surface area (Å²) in [7, 11) is 5.46. The first kappa shape index (κ1) is 27.6. The standard InChI is InChI=1S/C31H33F3N2O5/c1-17(37)40-24-16-25(39-4)28-27-20(24)15-23-21-10-11-22(29(41-28)30(21,27)13-14-35(23)2)36(3)26(38)12-7-18-5-8-19(9-6-18)31(32,33)34/h5-9,12,16,21-23,29H,10-11,13-15H2,1-4H3/t21-,22-,23+,29-,30-/m0/s1. The van der Waals surface area contributed by atoms with Crippen LogP contribution < -0.4 is 14.2 Å². The molecule has 1 spiro atoms. The number of methoxy groups -OCH3 is 1. The smallest absolute Gasteiger partial charge is 0.416 e. The number of hydrogen-bond acceptors (Lipinski definition) is 6. The van der Waals surface area contributed by atoms with Gasteiger partial charge >= 0.3 is 12.1 Å². The van der Waals surface area contributed by atoms with Gasteiger partial charge in [0.25, 0.3) is 0 Å². The zero-order chi connectivity index (χ0) is 29.3. The topological polar surface area (TPSA) is 68.3 Å². The molecule has 2 aliphatic carbocycles. The number of likely N-dealkylation sites (N-methyl/N-ethyl adjacent to an activating group) is 2. The number of carbonyl (C=O) groups excluding carboxylic acids is 2. The molecule has 6 rings (SSSR count). The van der Waals surface area contributed by atoms with Crippen LogP contribution in [0.2, 0.25) is 0 Å². The zero-order valence-corrected chi connectivity index (χ0v) is 23.5. The maximum absolute atomic E-state index is 13.4. The lowest BCUT2D eigenvalue weighted by molar-refractivity contribution is -0.137. The van der Waals surface area contributed by atoms with Crippen LogP contribution in [0.15, 0.2) is 36.4 Å². The van der Waals surface area contributed by atoms with Crippen molar-refractivity contribution in [2.75, 3.05) is 27.7 Å². The molecule has 0 N–H and O–H groups in total. The van der Waals surface area contributed by atoms with Crippen LogP contribution in [0.3, 0.4) is 0 Å². The summed E-state index contributed by atoms with van der Waals surface area (Å²) in [5, 5.41) is 0. The molecule has 0 aromatic heterocycles. The Morgan fingerprint density at radius 1 is 1.17 bits per heavy atom. The lowest BCUT2D eigenvalue weighted by Crippen LogP contribution is -2.68. The van der Waals surface area contributed by atoms with E-state index in [1.807, 2.05) is 0 Å². The zero-order valence-electron chi connectivity index (χ0n) is 23.5. The highest BCUT2D eigenvalue weighted by molar-refractivity contribution is 5.92. The molecule has 41 heavy (non-hydrogen) atoms. The number of ether oxygens (including phenoxy) is 3. The summed E-state index contributed by atoms with van der Waals surface area (Å²) in [6.45, 7) is 2.26. The molecule has 2 bridgehead atoms. The fourth-order valence-corrected chi connectivity index (χ4v) is 7.77. The molecule has 0 unspecified atom stereocenters. The van der Waals surface area contributed by atoms with Crippen molar-refractivity contribution >= 4 is 18.0 Å². The monoisotopic (exact) mass is 570 g/mol. The van der Waals surface area contributed by atoms with Crippen molar-refractivity contribution in [1.29, 1.82) is 0 Å². The molecule has 2 fully saturated rings. The Hall–Kier alpha value is -3.53. The van der Waals surface area contributed by atoms with Gasteiger partial charge in [-0.1, -0.05) is 12.1 Å². The van der Waals surface area contributed by atoms with E-state index < -0.39 is 17.7 Å². The van der Waals surface area contributed by atoms with Gasteiger partial charge in [-0.3, -0.25) is 9.59 Å². The highest BCUT2D eigenvalue weighted by atomic mass is 19.4. The molecule has 2 aromatic rings. The molecule has 1 saturated heterocycles. The fourth-order valence-electron chi connectivity index (χ4n) is 7.77. The van der Waals surface area contributed by atoms with E-state index in [0.29, 0.717) is 28.7 Å². The molecular weight excluding hydrogens is 537 g/mol. The Morgan fingerprint density at radius 2 is 1.90 bits per heavy atom. The highest BCUT2D eigenvalue weighted by Crippen LogP contribution is 2.65. The van der Waals surface area contributed by atoms with Crippen LogP contribution in [0.1, 0.15) is 48.4 Å². The number of esters is 1. The van der Waals surface area contributed by atoms with E-state index in [-0.39, 0.29) is 29.5 Å². The van der Waals surface area contributed by atoms with Gasteiger partial charge in [-0.05, 0) is 69.0 Å². The summed E-state index contributed by atoms with van der Waals surface area (Å²) < 4.78 is 57.0. The number of hydrogen-bond donors (Lipinski definition) is 0. The second-order valence-corrected chi connectivity index (χ2v) is 11.6. The number of likely N-dealkylation sites (tertiary alicyclic amines) is 1. The van der Waals surface area contributed by atoms with Crippen LogP contribution in [0, 0.1) is 5.92 Å². The van der Waals surface area contributed by atoms with Gasteiger partial charge < -0.3 is 24.0 Å². The highest BCUT2D eigenvalue weighted by Gasteiger charge is 2.66. The number of piperidine rings is 1. The first-order valence-corrected chi connectivity index (χ1v) is 13.9. The Morgan fingerprint density at radius 3 is 2.56 bits per heavy atom. The third-order valence-electron chi connectivity index (χ3n) is 9.61. The normalized spacial score (nSPS) is 28.2. The molecular formula is C31H33F3N2O5. The SMILES string of the molecule is COc1cc(OC(C)=O)c2c3c1O[C@H]1[C@@H](N(C)C(=O)C=Cc4ccc(C(F)(F)F)cc4)CC[C@H]4[C@@H](C2)N(C)CC[C@@]341. The molecule has 2 heterocycles. The lowest BCUT2D eigenvalue weighted by Gasteiger charge is -2.59. The molecule has 218 valence electrons. The molecule has 2 aromatic carbocycles. The Labute approximate surface area is 236 Å². The van der Waals surface area contributed by atoms with Gasteiger partial charge in [0.05, 0.1) is 18.7 Å². The van der Waals surface area contributed by atoms with Crippen molar-refractivity contribution in [2.24, 2.45) is 5.92 Å². The molecule has 1 saturated carbocycles. The lowest BCUT2D eigenvalue weighted by atomic mass is 9.51. The van der Waals surface area contributed by atoms with Crippen LogP contribution in [0.4, 0.5) is 13.2 Å². The molecule has 1 amide bonds. The maximum Gasteiger partial charge on any atom is 0.416 e. The van der Waals surface area contributed by atoms with E-state index in [2.05, 4.69) is 11.9 Å². The van der Waals surface area contributed by atoms with Gasteiger partial charge in [0.15, 0.2) is 11.5 Å². The molecule has 7 nitrogen and oxygen atoms in total. The molecule has 4 aliphatic rings. The minimum Gasteiger partial charge on any atom is -0.493 e. The summed E-state index contributed by atoms with van der Waals surface area (Å²) >= 11 is 0. The summed E-state index contributed by atoms with van der Waals surface area (Å²) in [5.41, 5.74) is 1.44. The average Bonchev–Trinajstić information content (AvgIpc) is 3.28. The minimum absolute atomic E-state index is 0.236. The summed E-state index contributed by atoms with van der Waals surface area (Å²) in [6.07, 6.45) is 1.43. The largest absolute Gasteiger partial charge is 0.493 e. The average molecular weight is 571 g/mol. The van der Waals surface area contributed by atoms with E-state index in [9.17, 15) is 22.8 Å². The van der Waals surface area contributed by atoms with Gasteiger partial charge in [0, 0.05) is 48.7 Å². The number of nitrogens with zero attached hydrogens (tertiary/aromatic N) is 2. The predicted molar refractivity (Wildman–Crippen MR) is 145 cm³/mol. The van der Waals surface area contributed by atoms with Crippen LogP contribution in [0.5, 0.6) is 17.2 Å². The first-order valence-electron chi connectivity index (χ1n) is 13.9.